The molecule has 0 saturated heterocycles. The molecule has 3 aromatic carbocycles. The summed E-state index contributed by atoms with van der Waals surface area (Å²) >= 11 is 0. The van der Waals surface area contributed by atoms with Crippen LogP contribution in [0.1, 0.15) is 59.4 Å². The van der Waals surface area contributed by atoms with Crippen LogP contribution in [0, 0.1) is 5.82 Å². The molecule has 0 bridgehead atoms. The van der Waals surface area contributed by atoms with E-state index < -0.39 is 12.2 Å². The van der Waals surface area contributed by atoms with Crippen LogP contribution in [0.25, 0.3) is 10.9 Å². The molecule has 0 aliphatic heterocycles. The number of aliphatic hydroxyl groups excluding tert-OH is 2. The van der Waals surface area contributed by atoms with Crippen molar-refractivity contribution in [1.82, 2.24) is 10.3 Å². The Bertz CT molecular complexity index is 1480. The van der Waals surface area contributed by atoms with Gasteiger partial charge in [0.1, 0.15) is 24.3 Å². The number of aromatic amines is 1. The van der Waals surface area contributed by atoms with Gasteiger partial charge in [-0.25, -0.2) is 4.39 Å². The first-order valence-corrected chi connectivity index (χ1v) is 13.6. The lowest BCUT2D eigenvalue weighted by atomic mass is 9.97. The van der Waals surface area contributed by atoms with E-state index in [2.05, 4.69) is 36.3 Å². The van der Waals surface area contributed by atoms with Gasteiger partial charge in [0.25, 0.3) is 0 Å². The van der Waals surface area contributed by atoms with E-state index in [1.54, 1.807) is 18.2 Å². The minimum absolute atomic E-state index is 0.0805. The van der Waals surface area contributed by atoms with Crippen LogP contribution in [0.3, 0.4) is 0 Å². The average molecular weight is 531 g/mol. The zero-order chi connectivity index (χ0) is 27.5. The Hall–Kier alpha value is -3.52. The third kappa shape index (κ3) is 5.91. The van der Waals surface area contributed by atoms with Gasteiger partial charge < -0.3 is 25.3 Å². The van der Waals surface area contributed by atoms with Gasteiger partial charge in [0.15, 0.2) is 0 Å². The molecule has 2 atom stereocenters. The summed E-state index contributed by atoms with van der Waals surface area (Å²) in [5, 5.41) is 25.8. The van der Waals surface area contributed by atoms with Crippen LogP contribution in [-0.2, 0) is 25.7 Å². The fraction of sp³-hybridized carbons (Fsp3) is 0.344. The second kappa shape index (κ2) is 11.7. The van der Waals surface area contributed by atoms with Gasteiger partial charge >= 0.3 is 0 Å². The van der Waals surface area contributed by atoms with E-state index in [9.17, 15) is 19.4 Å². The molecule has 1 aromatic heterocycles. The first-order valence-electron chi connectivity index (χ1n) is 13.6. The number of hydrogen-bond acceptors (Lipinski definition) is 5. The molecule has 1 aliphatic rings. The average Bonchev–Trinajstić information content (AvgIpc) is 3.35. The summed E-state index contributed by atoms with van der Waals surface area (Å²) in [6.45, 7) is 4.69. The maximum Gasteiger partial charge on any atom is 0.248 e. The van der Waals surface area contributed by atoms with Gasteiger partial charge in [0, 0.05) is 24.0 Å². The number of aryl methyl sites for hydroxylation is 2. The van der Waals surface area contributed by atoms with Crippen molar-refractivity contribution >= 4 is 10.9 Å². The van der Waals surface area contributed by atoms with Gasteiger partial charge in [-0.3, -0.25) is 4.79 Å². The number of rotatable bonds is 10. The molecule has 4 aromatic rings. The molecule has 6 nitrogen and oxygen atoms in total. The highest BCUT2D eigenvalue weighted by atomic mass is 19.1. The predicted molar refractivity (Wildman–Crippen MR) is 151 cm³/mol. The van der Waals surface area contributed by atoms with Crippen molar-refractivity contribution in [2.24, 2.45) is 0 Å². The number of aliphatic hydroxyl groups is 2. The highest BCUT2D eigenvalue weighted by Crippen LogP contribution is 2.31. The number of fused-ring (bicyclic) bond motifs is 2. The number of benzene rings is 3. The molecule has 0 fully saturated rings. The number of nitrogens with one attached hydrogen (secondary N) is 2. The van der Waals surface area contributed by atoms with Crippen molar-refractivity contribution in [1.29, 1.82) is 0 Å². The van der Waals surface area contributed by atoms with Crippen molar-refractivity contribution in [3.05, 3.63) is 110 Å². The Kier molecular flexibility index (Phi) is 8.12. The van der Waals surface area contributed by atoms with E-state index in [0.717, 1.165) is 25.7 Å². The summed E-state index contributed by atoms with van der Waals surface area (Å²) in [6, 6.07) is 17.1. The molecular formula is C32H35FN2O4. The summed E-state index contributed by atoms with van der Waals surface area (Å²) in [4.78, 5) is 14.9. The monoisotopic (exact) mass is 530 g/mol. The zero-order valence-corrected chi connectivity index (χ0v) is 22.3. The van der Waals surface area contributed by atoms with Crippen LogP contribution < -0.4 is 15.6 Å². The topological polar surface area (TPSA) is 94.6 Å². The first kappa shape index (κ1) is 27.1. The minimum atomic E-state index is -0.970. The maximum atomic E-state index is 13.2. The van der Waals surface area contributed by atoms with Gasteiger partial charge in [-0.15, -0.1) is 0 Å². The number of halogens is 1. The van der Waals surface area contributed by atoms with E-state index in [0.29, 0.717) is 34.3 Å². The van der Waals surface area contributed by atoms with Crippen LogP contribution in [0.4, 0.5) is 4.39 Å². The number of hydrogen-bond donors (Lipinski definition) is 4. The third-order valence-corrected chi connectivity index (χ3v) is 7.72. The maximum absolute atomic E-state index is 13.2. The quantitative estimate of drug-likeness (QED) is 0.239. The summed E-state index contributed by atoms with van der Waals surface area (Å²) in [5.74, 6) is 0.00488. The Labute approximate surface area is 227 Å². The zero-order valence-electron chi connectivity index (χ0n) is 22.3. The lowest BCUT2D eigenvalue weighted by Gasteiger charge is -2.19. The second-order valence-corrected chi connectivity index (χ2v) is 10.3. The number of H-pyrrole nitrogens is 1. The van der Waals surface area contributed by atoms with E-state index in [-0.39, 0.29) is 24.0 Å². The van der Waals surface area contributed by atoms with Gasteiger partial charge in [0.05, 0.1) is 11.6 Å². The molecule has 5 rings (SSSR count). The van der Waals surface area contributed by atoms with Crippen LogP contribution in [0.5, 0.6) is 5.75 Å². The molecule has 0 radical (unpaired) electrons. The van der Waals surface area contributed by atoms with Crippen LogP contribution in [0.2, 0.25) is 0 Å². The largest absolute Gasteiger partial charge is 0.488 e. The van der Waals surface area contributed by atoms with Gasteiger partial charge in [-0.1, -0.05) is 44.2 Å². The highest BCUT2D eigenvalue weighted by molar-refractivity contribution is 5.87. The summed E-state index contributed by atoms with van der Waals surface area (Å²) < 4.78 is 19.1. The molecule has 204 valence electrons. The predicted octanol–water partition coefficient (Wildman–Crippen LogP) is 4.69. The molecule has 1 heterocycles. The van der Waals surface area contributed by atoms with Crippen LogP contribution in [0.15, 0.2) is 65.5 Å². The van der Waals surface area contributed by atoms with Gasteiger partial charge in [-0.2, -0.15) is 0 Å². The Morgan fingerprint density at radius 2 is 1.62 bits per heavy atom. The van der Waals surface area contributed by atoms with Crippen molar-refractivity contribution in [2.45, 2.75) is 57.8 Å². The molecular weight excluding hydrogens is 495 g/mol. The summed E-state index contributed by atoms with van der Waals surface area (Å²) in [5.41, 5.74) is 6.99. The highest BCUT2D eigenvalue weighted by Gasteiger charge is 2.24. The van der Waals surface area contributed by atoms with Crippen molar-refractivity contribution < 1.29 is 19.3 Å². The minimum Gasteiger partial charge on any atom is -0.488 e. The van der Waals surface area contributed by atoms with E-state index in [1.165, 1.54) is 52.6 Å². The number of ether oxygens (including phenoxy) is 1. The summed E-state index contributed by atoms with van der Waals surface area (Å²) in [6.07, 6.45) is 2.19. The summed E-state index contributed by atoms with van der Waals surface area (Å²) in [7, 11) is 0. The fourth-order valence-corrected chi connectivity index (χ4v) is 5.57. The van der Waals surface area contributed by atoms with Gasteiger partial charge in [-0.05, 0) is 83.3 Å². The Morgan fingerprint density at radius 3 is 2.26 bits per heavy atom. The smallest absolute Gasteiger partial charge is 0.248 e. The normalized spacial score (nSPS) is 14.9. The molecule has 0 spiro atoms. The van der Waals surface area contributed by atoms with E-state index >= 15 is 0 Å². The van der Waals surface area contributed by atoms with Gasteiger partial charge in [0.2, 0.25) is 5.56 Å². The molecule has 7 heteroatoms. The standard InChI is InChI=1S/C32H35FN2O4/c1-3-19-13-22-15-25(16-23(22)14-20(19)4-2)34-17-28(36)26-9-11-30(32-27(26)10-12-31(38)35-32)39-18-29(37)21-5-7-24(33)8-6-21/h5-14,25,28-29,34,36-37H,3-4,15-18H2,1-2H3,(H,35,38)/t28-,29-/m1/s1. The van der Waals surface area contributed by atoms with Crippen LogP contribution >= 0.6 is 0 Å². The number of aromatic nitrogens is 1. The third-order valence-electron chi connectivity index (χ3n) is 7.72. The molecule has 0 saturated carbocycles. The lowest BCUT2D eigenvalue weighted by molar-refractivity contribution is 0.109. The number of pyridine rings is 1. The Balaban J connectivity index is 1.28. The van der Waals surface area contributed by atoms with E-state index in [1.807, 2.05) is 0 Å². The fourth-order valence-electron chi connectivity index (χ4n) is 5.57. The molecule has 1 aliphatic carbocycles. The van der Waals surface area contributed by atoms with Crippen molar-refractivity contribution in [2.75, 3.05) is 13.2 Å². The first-order chi connectivity index (χ1) is 18.9. The lowest BCUT2D eigenvalue weighted by Crippen LogP contribution is -2.33. The molecule has 39 heavy (non-hydrogen) atoms. The van der Waals surface area contributed by atoms with Crippen molar-refractivity contribution in [3.63, 3.8) is 0 Å². The Morgan fingerprint density at radius 1 is 0.949 bits per heavy atom. The second-order valence-electron chi connectivity index (χ2n) is 10.3. The van der Waals surface area contributed by atoms with E-state index in [4.69, 9.17) is 4.74 Å². The SMILES string of the molecule is CCc1cc2c(cc1CC)CC(NC[C@@H](O)c1ccc(OC[C@@H](O)c3ccc(F)cc3)c3[nH]c(=O)ccc13)C2. The molecule has 4 N–H and O–H groups in total. The van der Waals surface area contributed by atoms with Crippen LogP contribution in [-0.4, -0.2) is 34.4 Å². The molecule has 0 unspecified atom stereocenters. The molecule has 0 amide bonds. The van der Waals surface area contributed by atoms with Crippen molar-refractivity contribution in [3.8, 4) is 5.75 Å².